The Kier molecular flexibility index (Phi) is 4.75. The zero-order valence-corrected chi connectivity index (χ0v) is 14.5. The number of furan rings is 1. The second kappa shape index (κ2) is 7.32. The second-order valence-electron chi connectivity index (χ2n) is 7.05. The first-order valence-corrected chi connectivity index (χ1v) is 9.25. The van der Waals surface area contributed by atoms with Gasteiger partial charge in [0.1, 0.15) is 6.07 Å². The molecule has 0 spiro atoms. The zero-order valence-electron chi connectivity index (χ0n) is 14.5. The maximum atomic E-state index is 9.39. The quantitative estimate of drug-likeness (QED) is 0.848. The van der Waals surface area contributed by atoms with Crippen molar-refractivity contribution in [3.63, 3.8) is 0 Å². The van der Waals surface area contributed by atoms with Crippen LogP contribution in [0.4, 0.5) is 5.88 Å². The van der Waals surface area contributed by atoms with Crippen molar-refractivity contribution in [3.8, 4) is 17.7 Å². The third kappa shape index (κ3) is 3.57. The molecule has 25 heavy (non-hydrogen) atoms. The van der Waals surface area contributed by atoms with Crippen molar-refractivity contribution in [2.75, 3.05) is 37.6 Å². The van der Waals surface area contributed by atoms with Crippen LogP contribution in [-0.2, 0) is 0 Å². The molecule has 0 N–H and O–H groups in total. The highest BCUT2D eigenvalue weighted by molar-refractivity contribution is 5.55. The molecule has 0 bridgehead atoms. The number of oxazole rings is 1. The van der Waals surface area contributed by atoms with E-state index in [4.69, 9.17) is 8.83 Å². The third-order valence-corrected chi connectivity index (χ3v) is 5.35. The summed E-state index contributed by atoms with van der Waals surface area (Å²) >= 11 is 0. The fraction of sp³-hybridized carbons (Fsp3) is 0.579. The Balaban J connectivity index is 1.39. The molecule has 6 nitrogen and oxygen atoms in total. The lowest BCUT2D eigenvalue weighted by atomic mass is 9.89. The molecule has 2 fully saturated rings. The highest BCUT2D eigenvalue weighted by Gasteiger charge is 2.26. The van der Waals surface area contributed by atoms with E-state index in [2.05, 4.69) is 20.9 Å². The fourth-order valence-corrected chi connectivity index (χ4v) is 3.97. The van der Waals surface area contributed by atoms with Crippen molar-refractivity contribution in [3.05, 3.63) is 24.1 Å². The van der Waals surface area contributed by atoms with Crippen molar-refractivity contribution < 1.29 is 8.83 Å². The first-order chi connectivity index (χ1) is 12.3. The number of aromatic nitrogens is 1. The molecule has 132 valence electrons. The summed E-state index contributed by atoms with van der Waals surface area (Å²) in [5.74, 6) is 2.37. The summed E-state index contributed by atoms with van der Waals surface area (Å²) in [6.45, 7) is 4.98. The molecule has 0 amide bonds. The van der Waals surface area contributed by atoms with E-state index in [1.807, 2.05) is 0 Å². The van der Waals surface area contributed by atoms with Gasteiger partial charge in [0.25, 0.3) is 5.89 Å². The molecule has 1 aliphatic heterocycles. The molecule has 1 saturated heterocycles. The van der Waals surface area contributed by atoms with Crippen LogP contribution in [0, 0.1) is 17.2 Å². The van der Waals surface area contributed by atoms with Gasteiger partial charge in [0.2, 0.25) is 11.6 Å². The summed E-state index contributed by atoms with van der Waals surface area (Å²) in [4.78, 5) is 8.97. The van der Waals surface area contributed by atoms with E-state index < -0.39 is 0 Å². The molecule has 1 saturated carbocycles. The normalized spacial score (nSPS) is 19.9. The molecule has 0 radical (unpaired) electrons. The lowest BCUT2D eigenvalue weighted by Gasteiger charge is -2.37. The highest BCUT2D eigenvalue weighted by Crippen LogP contribution is 2.30. The number of hydrogen-bond donors (Lipinski definition) is 0. The maximum absolute atomic E-state index is 9.39. The van der Waals surface area contributed by atoms with Gasteiger partial charge in [-0.05, 0) is 30.9 Å². The standard InChI is InChI=1S/C19H24N4O2/c20-13-16-19(25-18(21-16)17-7-4-12-24-17)23-10-8-22(9-11-23)14-15-5-2-1-3-6-15/h4,7,12,15H,1-3,5-6,8-11,14H2. The minimum absolute atomic E-state index is 0.340. The SMILES string of the molecule is N#Cc1nc(-c2ccco2)oc1N1CCN(CC2CCCCC2)CC1. The number of piperazine rings is 1. The van der Waals surface area contributed by atoms with E-state index in [-0.39, 0.29) is 0 Å². The number of nitrogens with zero attached hydrogens (tertiary/aromatic N) is 4. The zero-order chi connectivity index (χ0) is 17.1. The lowest BCUT2D eigenvalue weighted by Crippen LogP contribution is -2.48. The van der Waals surface area contributed by atoms with Gasteiger partial charge in [-0.25, -0.2) is 0 Å². The summed E-state index contributed by atoms with van der Waals surface area (Å²) < 4.78 is 11.2. The molecule has 0 unspecified atom stereocenters. The number of rotatable bonds is 4. The Morgan fingerprint density at radius 1 is 1.16 bits per heavy atom. The second-order valence-corrected chi connectivity index (χ2v) is 7.05. The van der Waals surface area contributed by atoms with Crippen molar-refractivity contribution in [2.24, 2.45) is 5.92 Å². The van der Waals surface area contributed by atoms with E-state index in [1.165, 1.54) is 38.6 Å². The lowest BCUT2D eigenvalue weighted by molar-refractivity contribution is 0.190. The van der Waals surface area contributed by atoms with Crippen LogP contribution in [0.1, 0.15) is 37.8 Å². The topological polar surface area (TPSA) is 69.4 Å². The molecule has 2 aromatic rings. The maximum Gasteiger partial charge on any atom is 0.266 e. The summed E-state index contributed by atoms with van der Waals surface area (Å²) in [7, 11) is 0. The monoisotopic (exact) mass is 340 g/mol. The van der Waals surface area contributed by atoms with E-state index in [1.54, 1.807) is 18.4 Å². The minimum Gasteiger partial charge on any atom is -0.459 e. The van der Waals surface area contributed by atoms with Crippen molar-refractivity contribution in [2.45, 2.75) is 32.1 Å². The number of hydrogen-bond acceptors (Lipinski definition) is 6. The molecule has 2 aliphatic rings. The Labute approximate surface area is 148 Å². The predicted octanol–water partition coefficient (Wildman–Crippen LogP) is 3.51. The van der Waals surface area contributed by atoms with E-state index >= 15 is 0 Å². The average molecular weight is 340 g/mol. The van der Waals surface area contributed by atoms with Gasteiger partial charge in [0.05, 0.1) is 6.26 Å². The van der Waals surface area contributed by atoms with Gasteiger partial charge in [-0.15, -0.1) is 0 Å². The van der Waals surface area contributed by atoms with E-state index in [0.29, 0.717) is 23.2 Å². The molecule has 2 aromatic heterocycles. The minimum atomic E-state index is 0.340. The summed E-state index contributed by atoms with van der Waals surface area (Å²) in [6, 6.07) is 5.73. The molecule has 6 heteroatoms. The van der Waals surface area contributed by atoms with E-state index in [0.717, 1.165) is 32.1 Å². The van der Waals surface area contributed by atoms with Crippen LogP contribution in [0.2, 0.25) is 0 Å². The molecule has 3 heterocycles. The molecule has 1 aliphatic carbocycles. The highest BCUT2D eigenvalue weighted by atomic mass is 16.4. The van der Waals surface area contributed by atoms with Gasteiger partial charge >= 0.3 is 0 Å². The first kappa shape index (κ1) is 16.2. The smallest absolute Gasteiger partial charge is 0.266 e. The molecular formula is C19H24N4O2. The number of anilines is 1. The van der Waals surface area contributed by atoms with Gasteiger partial charge in [0.15, 0.2) is 5.76 Å². The Hall–Kier alpha value is -2.26. The van der Waals surface area contributed by atoms with Gasteiger partial charge < -0.3 is 13.7 Å². The Morgan fingerprint density at radius 2 is 1.96 bits per heavy atom. The summed E-state index contributed by atoms with van der Waals surface area (Å²) in [6.07, 6.45) is 8.54. The Morgan fingerprint density at radius 3 is 2.64 bits per heavy atom. The van der Waals surface area contributed by atoms with Gasteiger partial charge in [-0.1, -0.05) is 19.3 Å². The molecule has 0 aromatic carbocycles. The summed E-state index contributed by atoms with van der Waals surface area (Å²) in [5.41, 5.74) is 0.340. The van der Waals surface area contributed by atoms with Crippen LogP contribution in [0.3, 0.4) is 0 Å². The van der Waals surface area contributed by atoms with Crippen molar-refractivity contribution in [1.82, 2.24) is 9.88 Å². The molecular weight excluding hydrogens is 316 g/mol. The van der Waals surface area contributed by atoms with E-state index in [9.17, 15) is 5.26 Å². The Bertz CT molecular complexity index is 717. The van der Waals surface area contributed by atoms with Crippen LogP contribution in [0.15, 0.2) is 27.2 Å². The third-order valence-electron chi connectivity index (χ3n) is 5.35. The van der Waals surface area contributed by atoms with Crippen LogP contribution < -0.4 is 4.90 Å². The average Bonchev–Trinajstić information content (AvgIpc) is 3.33. The van der Waals surface area contributed by atoms with Crippen LogP contribution in [0.5, 0.6) is 0 Å². The van der Waals surface area contributed by atoms with Crippen molar-refractivity contribution in [1.29, 1.82) is 5.26 Å². The molecule has 0 atom stereocenters. The first-order valence-electron chi connectivity index (χ1n) is 9.25. The van der Waals surface area contributed by atoms with Crippen LogP contribution in [-0.4, -0.2) is 42.6 Å². The fourth-order valence-electron chi connectivity index (χ4n) is 3.97. The van der Waals surface area contributed by atoms with Crippen molar-refractivity contribution >= 4 is 5.88 Å². The van der Waals surface area contributed by atoms with Gasteiger partial charge in [0, 0.05) is 32.7 Å². The van der Waals surface area contributed by atoms with Crippen LogP contribution >= 0.6 is 0 Å². The van der Waals surface area contributed by atoms with Crippen LogP contribution in [0.25, 0.3) is 11.7 Å². The molecule has 4 rings (SSSR count). The van der Waals surface area contributed by atoms with Gasteiger partial charge in [-0.3, -0.25) is 4.90 Å². The summed E-state index contributed by atoms with van der Waals surface area (Å²) in [5, 5.41) is 9.39. The van der Waals surface area contributed by atoms with Gasteiger partial charge in [-0.2, -0.15) is 10.2 Å². The largest absolute Gasteiger partial charge is 0.459 e. The number of nitriles is 1. The predicted molar refractivity (Wildman–Crippen MR) is 94.1 cm³/mol.